The Kier molecular flexibility index (Phi) is 9.35. The van der Waals surface area contributed by atoms with Crippen molar-refractivity contribution in [1.82, 2.24) is 4.40 Å². The number of anilines is 6. The van der Waals surface area contributed by atoms with Crippen LogP contribution in [0.25, 0.3) is 60.3 Å². The fraction of sp³-hybridized carbons (Fsp3) is 0.0476. The van der Waals surface area contributed by atoms with Crippen molar-refractivity contribution in [1.29, 1.82) is 0 Å². The zero-order valence-corrected chi connectivity index (χ0v) is 38.8. The van der Waals surface area contributed by atoms with Gasteiger partial charge in [-0.05, 0) is 118 Å². The molecule has 14 rings (SSSR count). The average molecular weight is 982 g/mol. The molecule has 0 bridgehead atoms. The molecular formula is C63H37F6N3O2. The molecule has 2 aliphatic rings. The number of hydrogen-bond acceptors (Lipinski definition) is 4. The van der Waals surface area contributed by atoms with E-state index in [4.69, 9.17) is 0 Å². The second-order valence-electron chi connectivity index (χ2n) is 18.6. The highest BCUT2D eigenvalue weighted by molar-refractivity contribution is 6.26. The highest BCUT2D eigenvalue weighted by Crippen LogP contribution is 2.65. The third-order valence-electron chi connectivity index (χ3n) is 14.7. The number of ether oxygens (including phenoxy) is 2. The quantitative estimate of drug-likeness (QED) is 0.142. The molecule has 0 aliphatic heterocycles. The minimum absolute atomic E-state index is 0.355. The monoisotopic (exact) mass is 981 g/mol. The Bertz CT molecular complexity index is 4050. The smallest absolute Gasteiger partial charge is 0.406 e. The van der Waals surface area contributed by atoms with Crippen LogP contribution in [0.4, 0.5) is 60.5 Å². The molecule has 2 aromatic heterocycles. The Balaban J connectivity index is 1.08. The van der Waals surface area contributed by atoms with Crippen LogP contribution in [-0.4, -0.2) is 17.1 Å². The lowest BCUT2D eigenvalue weighted by molar-refractivity contribution is -0.275. The van der Waals surface area contributed by atoms with Crippen molar-refractivity contribution in [2.75, 3.05) is 9.80 Å². The Morgan fingerprint density at radius 3 is 1.38 bits per heavy atom. The predicted octanol–water partition coefficient (Wildman–Crippen LogP) is 17.9. The minimum Gasteiger partial charge on any atom is -0.406 e. The van der Waals surface area contributed by atoms with Crippen molar-refractivity contribution >= 4 is 72.2 Å². The van der Waals surface area contributed by atoms with E-state index < -0.39 is 18.1 Å². The molecule has 5 nitrogen and oxygen atoms in total. The number of alkyl halides is 6. The topological polar surface area (TPSA) is 29.4 Å². The molecule has 0 amide bonds. The van der Waals surface area contributed by atoms with Crippen LogP contribution >= 0.6 is 0 Å². The van der Waals surface area contributed by atoms with Crippen molar-refractivity contribution in [3.63, 3.8) is 0 Å². The number of rotatable bonds is 8. The zero-order valence-electron chi connectivity index (χ0n) is 38.8. The lowest BCUT2D eigenvalue weighted by Gasteiger charge is -2.33. The van der Waals surface area contributed by atoms with Gasteiger partial charge in [0, 0.05) is 73.4 Å². The van der Waals surface area contributed by atoms with Gasteiger partial charge in [0.1, 0.15) is 11.5 Å². The highest BCUT2D eigenvalue weighted by atomic mass is 19.4. The summed E-state index contributed by atoms with van der Waals surface area (Å²) in [5.41, 5.74) is 14.0. The lowest BCUT2D eigenvalue weighted by Crippen LogP contribution is -2.26. The summed E-state index contributed by atoms with van der Waals surface area (Å²) in [6, 6.07) is 71.4. The Morgan fingerprint density at radius 2 is 0.797 bits per heavy atom. The maximum atomic E-state index is 13.8. The fourth-order valence-electron chi connectivity index (χ4n) is 12.1. The molecule has 0 fully saturated rings. The lowest BCUT2D eigenvalue weighted by atomic mass is 9.70. The van der Waals surface area contributed by atoms with Gasteiger partial charge in [-0.15, -0.1) is 26.3 Å². The number of aromatic nitrogens is 1. The van der Waals surface area contributed by atoms with Gasteiger partial charge < -0.3 is 23.7 Å². The van der Waals surface area contributed by atoms with Crippen LogP contribution in [0.1, 0.15) is 22.3 Å². The SMILES string of the molecule is FC(F)(F)Oc1cccc(N(c2ccccc2)c2ccc3c(c2)C2(c4cc(N(c5ccccc5)c5cccc(OC(F)(F)F)c5)ccc4-3)c3ccccc3-c3c2ccc2c4cccc5c6ccccc6n(c32)c54)c1. The summed E-state index contributed by atoms with van der Waals surface area (Å²) in [7, 11) is 0. The van der Waals surface area contributed by atoms with E-state index in [1.54, 1.807) is 24.3 Å². The summed E-state index contributed by atoms with van der Waals surface area (Å²) < 4.78 is 93.9. The number of benzene rings is 10. The van der Waals surface area contributed by atoms with Crippen LogP contribution in [0, 0.1) is 0 Å². The normalized spacial score (nSPS) is 13.4. The van der Waals surface area contributed by atoms with Gasteiger partial charge in [0.25, 0.3) is 0 Å². The van der Waals surface area contributed by atoms with Crippen molar-refractivity contribution < 1.29 is 35.8 Å². The Morgan fingerprint density at radius 1 is 0.338 bits per heavy atom. The molecule has 358 valence electrons. The zero-order chi connectivity index (χ0) is 50.1. The molecule has 0 unspecified atom stereocenters. The van der Waals surface area contributed by atoms with Gasteiger partial charge in [-0.2, -0.15) is 0 Å². The van der Waals surface area contributed by atoms with E-state index >= 15 is 0 Å². The van der Waals surface area contributed by atoms with E-state index in [0.717, 1.165) is 82.6 Å². The van der Waals surface area contributed by atoms with E-state index in [-0.39, 0.29) is 11.5 Å². The maximum Gasteiger partial charge on any atom is 0.573 e. The van der Waals surface area contributed by atoms with Crippen LogP contribution in [0.15, 0.2) is 224 Å². The largest absolute Gasteiger partial charge is 0.573 e. The molecular weight excluding hydrogens is 945 g/mol. The van der Waals surface area contributed by atoms with Crippen molar-refractivity contribution in [2.24, 2.45) is 0 Å². The third kappa shape index (κ3) is 6.51. The third-order valence-corrected chi connectivity index (χ3v) is 14.7. The van der Waals surface area contributed by atoms with E-state index in [0.29, 0.717) is 34.1 Å². The number of halogens is 6. The average Bonchev–Trinajstić information content (AvgIpc) is 4.26. The number of para-hydroxylation sites is 4. The summed E-state index contributed by atoms with van der Waals surface area (Å²) in [5.74, 6) is -0.709. The van der Waals surface area contributed by atoms with Crippen molar-refractivity contribution in [2.45, 2.75) is 18.1 Å². The number of nitrogens with zero attached hydrogens (tertiary/aromatic N) is 3. The van der Waals surface area contributed by atoms with Gasteiger partial charge in [-0.1, -0.05) is 133 Å². The van der Waals surface area contributed by atoms with Gasteiger partial charge in [0.05, 0.1) is 22.0 Å². The first-order valence-electron chi connectivity index (χ1n) is 24.0. The van der Waals surface area contributed by atoms with Gasteiger partial charge in [-0.3, -0.25) is 0 Å². The van der Waals surface area contributed by atoms with Gasteiger partial charge in [0.15, 0.2) is 0 Å². The number of hydrogen-bond donors (Lipinski definition) is 0. The van der Waals surface area contributed by atoms with Crippen LogP contribution in [0.2, 0.25) is 0 Å². The standard InChI is InChI=1S/C63H37F6N3O2/c64-62(65,66)73-44-20-11-18-40(34-44)70(38-14-3-1-4-15-38)42-28-30-46-47-31-29-43(71(39-16-5-2-6-17-39)41-19-12-21-45(35-41)74-63(67,68)69)37-56(47)61(55(46)36-42)53-26-9-7-23-52(53)58-54(61)33-32-51-50-25-13-24-49-48-22-8-10-27-57(48)72(59(49)50)60(51)58/h1-37H. The van der Waals surface area contributed by atoms with Crippen LogP contribution in [0.3, 0.4) is 0 Å². The van der Waals surface area contributed by atoms with Crippen LogP contribution < -0.4 is 19.3 Å². The molecule has 74 heavy (non-hydrogen) atoms. The van der Waals surface area contributed by atoms with Crippen molar-refractivity contribution in [3.05, 3.63) is 247 Å². The molecule has 2 heterocycles. The van der Waals surface area contributed by atoms with Crippen LogP contribution in [-0.2, 0) is 5.41 Å². The molecule has 11 heteroatoms. The van der Waals surface area contributed by atoms with Gasteiger partial charge in [0.2, 0.25) is 0 Å². The second kappa shape index (κ2) is 15.9. The summed E-state index contributed by atoms with van der Waals surface area (Å²) in [5, 5.41) is 4.55. The summed E-state index contributed by atoms with van der Waals surface area (Å²) in [6.45, 7) is 0. The summed E-state index contributed by atoms with van der Waals surface area (Å²) >= 11 is 0. The molecule has 0 saturated carbocycles. The van der Waals surface area contributed by atoms with E-state index in [2.05, 4.69) is 117 Å². The molecule has 1 spiro atoms. The molecule has 0 N–H and O–H groups in total. The van der Waals surface area contributed by atoms with E-state index in [9.17, 15) is 26.3 Å². The fourth-order valence-corrected chi connectivity index (χ4v) is 12.1. The first-order valence-corrected chi connectivity index (χ1v) is 24.0. The number of fused-ring (bicyclic) bond motifs is 17. The molecule has 0 radical (unpaired) electrons. The van der Waals surface area contributed by atoms with Crippen LogP contribution in [0.5, 0.6) is 11.5 Å². The summed E-state index contributed by atoms with van der Waals surface area (Å²) in [6.07, 6.45) is -9.81. The Labute approximate surface area is 419 Å². The molecule has 0 saturated heterocycles. The van der Waals surface area contributed by atoms with Gasteiger partial charge >= 0.3 is 12.7 Å². The summed E-state index contributed by atoms with van der Waals surface area (Å²) in [4.78, 5) is 3.87. The molecule has 0 atom stereocenters. The molecule has 10 aromatic carbocycles. The second-order valence-corrected chi connectivity index (χ2v) is 18.6. The predicted molar refractivity (Wildman–Crippen MR) is 280 cm³/mol. The first-order chi connectivity index (χ1) is 35.9. The maximum absolute atomic E-state index is 13.8. The van der Waals surface area contributed by atoms with Crippen molar-refractivity contribution in [3.8, 4) is 33.8 Å². The van der Waals surface area contributed by atoms with Gasteiger partial charge in [-0.25, -0.2) is 0 Å². The highest BCUT2D eigenvalue weighted by Gasteiger charge is 2.53. The molecule has 12 aromatic rings. The Hall–Kier alpha value is -9.22. The first kappa shape index (κ1) is 43.6. The minimum atomic E-state index is -4.90. The molecule has 2 aliphatic carbocycles. The van der Waals surface area contributed by atoms with E-state index in [1.165, 1.54) is 24.3 Å². The van der Waals surface area contributed by atoms with E-state index in [1.807, 2.05) is 82.6 Å².